The van der Waals surface area contributed by atoms with Gasteiger partial charge in [0.25, 0.3) is 0 Å². The first-order valence-electron chi connectivity index (χ1n) is 8.26. The first-order chi connectivity index (χ1) is 11.8. The highest BCUT2D eigenvalue weighted by atomic mass is 16.6. The molecule has 24 heavy (non-hydrogen) atoms. The highest BCUT2D eigenvalue weighted by Gasteiger charge is 2.23. The van der Waals surface area contributed by atoms with Gasteiger partial charge in [0.1, 0.15) is 13.2 Å². The van der Waals surface area contributed by atoms with E-state index in [4.69, 9.17) is 9.47 Å². The van der Waals surface area contributed by atoms with Gasteiger partial charge in [-0.1, -0.05) is 30.3 Å². The molecule has 0 radical (unpaired) electrons. The highest BCUT2D eigenvalue weighted by molar-refractivity contribution is 5.82. The van der Waals surface area contributed by atoms with Gasteiger partial charge in [0.2, 0.25) is 5.91 Å². The van der Waals surface area contributed by atoms with E-state index < -0.39 is 0 Å². The summed E-state index contributed by atoms with van der Waals surface area (Å²) in [6.07, 6.45) is 0.725. The Kier molecular flexibility index (Phi) is 4.09. The smallest absolute Gasteiger partial charge is 0.237 e. The Morgan fingerprint density at radius 1 is 1.08 bits per heavy atom. The fraction of sp³-hybridized carbons (Fsp3) is 0.316. The number of nitrogens with one attached hydrogen (secondary N) is 2. The molecule has 1 atom stereocenters. The Balaban J connectivity index is 1.37. The maximum Gasteiger partial charge on any atom is 0.237 e. The zero-order valence-electron chi connectivity index (χ0n) is 13.4. The van der Waals surface area contributed by atoms with E-state index in [1.165, 1.54) is 11.1 Å². The van der Waals surface area contributed by atoms with Crippen LogP contribution in [0.3, 0.4) is 0 Å². The summed E-state index contributed by atoms with van der Waals surface area (Å²) in [5.74, 6) is 1.54. The molecule has 2 heterocycles. The minimum absolute atomic E-state index is 0.0272. The molecule has 0 saturated carbocycles. The molecule has 2 aliphatic rings. The molecule has 0 fully saturated rings. The van der Waals surface area contributed by atoms with Gasteiger partial charge in [0.05, 0.1) is 6.04 Å². The van der Waals surface area contributed by atoms with Crippen molar-refractivity contribution in [2.45, 2.75) is 25.6 Å². The Hall–Kier alpha value is -2.53. The number of carbonyl (C=O) groups excluding carboxylic acids is 1. The van der Waals surface area contributed by atoms with Crippen LogP contribution in [0.4, 0.5) is 0 Å². The van der Waals surface area contributed by atoms with Crippen molar-refractivity contribution in [3.8, 4) is 11.5 Å². The molecule has 0 saturated heterocycles. The number of rotatable bonds is 3. The summed E-state index contributed by atoms with van der Waals surface area (Å²) in [7, 11) is 0. The van der Waals surface area contributed by atoms with E-state index in [0.29, 0.717) is 19.8 Å². The second-order valence-electron chi connectivity index (χ2n) is 6.10. The van der Waals surface area contributed by atoms with Crippen LogP contribution in [0.5, 0.6) is 11.5 Å². The van der Waals surface area contributed by atoms with Gasteiger partial charge in [0.15, 0.2) is 11.5 Å². The lowest BCUT2D eigenvalue weighted by Crippen LogP contribution is -2.47. The fourth-order valence-electron chi connectivity index (χ4n) is 3.15. The van der Waals surface area contributed by atoms with Gasteiger partial charge in [-0.15, -0.1) is 0 Å². The fourth-order valence-corrected chi connectivity index (χ4v) is 3.15. The molecule has 2 N–H and O–H groups in total. The molecule has 0 spiro atoms. The van der Waals surface area contributed by atoms with Crippen molar-refractivity contribution in [3.05, 3.63) is 59.2 Å². The average molecular weight is 324 g/mol. The highest BCUT2D eigenvalue weighted by Crippen LogP contribution is 2.30. The molecule has 0 aromatic heterocycles. The molecule has 2 aromatic rings. The van der Waals surface area contributed by atoms with E-state index in [-0.39, 0.29) is 11.9 Å². The summed E-state index contributed by atoms with van der Waals surface area (Å²) in [5.41, 5.74) is 3.52. The zero-order valence-corrected chi connectivity index (χ0v) is 13.4. The molecule has 2 aliphatic heterocycles. The van der Waals surface area contributed by atoms with Crippen LogP contribution in [0.1, 0.15) is 16.7 Å². The molecule has 0 aliphatic carbocycles. The Labute approximate surface area is 141 Å². The number of hydrogen-bond acceptors (Lipinski definition) is 4. The van der Waals surface area contributed by atoms with E-state index in [1.807, 2.05) is 30.3 Å². The molecule has 5 heteroatoms. The third-order valence-electron chi connectivity index (χ3n) is 4.47. The number of carbonyl (C=O) groups is 1. The number of fused-ring (bicyclic) bond motifs is 2. The summed E-state index contributed by atoms with van der Waals surface area (Å²) >= 11 is 0. The summed E-state index contributed by atoms with van der Waals surface area (Å²) in [6, 6.07) is 13.8. The molecule has 4 rings (SSSR count). The molecule has 1 amide bonds. The van der Waals surface area contributed by atoms with Gasteiger partial charge in [-0.3, -0.25) is 4.79 Å². The minimum Gasteiger partial charge on any atom is -0.486 e. The second kappa shape index (κ2) is 6.53. The number of ether oxygens (including phenoxy) is 2. The first kappa shape index (κ1) is 15.0. The molecule has 1 unspecified atom stereocenters. The molecular weight excluding hydrogens is 304 g/mol. The quantitative estimate of drug-likeness (QED) is 0.904. The van der Waals surface area contributed by atoms with E-state index in [9.17, 15) is 4.79 Å². The monoisotopic (exact) mass is 324 g/mol. The van der Waals surface area contributed by atoms with Crippen LogP contribution in [-0.2, 0) is 24.3 Å². The van der Waals surface area contributed by atoms with E-state index in [1.54, 1.807) is 0 Å². The van der Waals surface area contributed by atoms with Gasteiger partial charge in [-0.25, -0.2) is 0 Å². The second-order valence-corrected chi connectivity index (χ2v) is 6.10. The van der Waals surface area contributed by atoms with Crippen molar-refractivity contribution >= 4 is 5.91 Å². The lowest BCUT2D eigenvalue weighted by molar-refractivity contribution is -0.123. The van der Waals surface area contributed by atoms with Gasteiger partial charge in [0, 0.05) is 13.1 Å². The van der Waals surface area contributed by atoms with E-state index in [2.05, 4.69) is 22.8 Å². The molecule has 5 nitrogen and oxygen atoms in total. The number of hydrogen-bond donors (Lipinski definition) is 2. The maximum absolute atomic E-state index is 12.4. The van der Waals surface area contributed by atoms with E-state index in [0.717, 1.165) is 30.0 Å². The Bertz CT molecular complexity index is 760. The summed E-state index contributed by atoms with van der Waals surface area (Å²) in [5, 5.41) is 6.31. The van der Waals surface area contributed by atoms with Crippen LogP contribution in [0, 0.1) is 0 Å². The third-order valence-corrected chi connectivity index (χ3v) is 4.47. The zero-order chi connectivity index (χ0) is 16.4. The largest absolute Gasteiger partial charge is 0.486 e. The molecule has 0 bridgehead atoms. The first-order valence-corrected chi connectivity index (χ1v) is 8.26. The summed E-state index contributed by atoms with van der Waals surface area (Å²) < 4.78 is 11.1. The minimum atomic E-state index is -0.183. The van der Waals surface area contributed by atoms with Crippen molar-refractivity contribution in [1.29, 1.82) is 0 Å². The van der Waals surface area contributed by atoms with Gasteiger partial charge in [-0.05, 0) is 35.2 Å². The summed E-state index contributed by atoms with van der Waals surface area (Å²) in [6.45, 7) is 2.36. The number of benzene rings is 2. The van der Waals surface area contributed by atoms with Crippen molar-refractivity contribution in [3.63, 3.8) is 0 Å². The SMILES string of the molecule is O=C(NCc1ccc2c(c1)OCCO2)C1Cc2ccccc2CN1. The standard InChI is InChI=1S/C19H20N2O3/c22-19(16-10-14-3-1-2-4-15(14)12-20-16)21-11-13-5-6-17-18(9-13)24-8-7-23-17/h1-6,9,16,20H,7-8,10-12H2,(H,21,22). The van der Waals surface area contributed by atoms with Crippen LogP contribution in [0.15, 0.2) is 42.5 Å². The van der Waals surface area contributed by atoms with E-state index >= 15 is 0 Å². The number of amides is 1. The van der Waals surface area contributed by atoms with Crippen LogP contribution < -0.4 is 20.1 Å². The van der Waals surface area contributed by atoms with Crippen molar-refractivity contribution < 1.29 is 14.3 Å². The molecule has 2 aromatic carbocycles. The lowest BCUT2D eigenvalue weighted by atomic mass is 9.95. The Morgan fingerprint density at radius 3 is 2.75 bits per heavy atom. The van der Waals surface area contributed by atoms with Crippen molar-refractivity contribution in [1.82, 2.24) is 10.6 Å². The van der Waals surface area contributed by atoms with Crippen LogP contribution in [0.2, 0.25) is 0 Å². The average Bonchev–Trinajstić information content (AvgIpc) is 2.65. The normalized spacial score (nSPS) is 18.6. The van der Waals surface area contributed by atoms with Crippen molar-refractivity contribution in [2.24, 2.45) is 0 Å². The predicted molar refractivity (Wildman–Crippen MR) is 90.1 cm³/mol. The van der Waals surface area contributed by atoms with Crippen LogP contribution >= 0.6 is 0 Å². The predicted octanol–water partition coefficient (Wildman–Crippen LogP) is 1.79. The third kappa shape index (κ3) is 3.08. The van der Waals surface area contributed by atoms with Crippen LogP contribution in [0.25, 0.3) is 0 Å². The topological polar surface area (TPSA) is 59.6 Å². The molecule has 124 valence electrons. The Morgan fingerprint density at radius 2 is 1.88 bits per heavy atom. The van der Waals surface area contributed by atoms with Gasteiger partial charge in [-0.2, -0.15) is 0 Å². The summed E-state index contributed by atoms with van der Waals surface area (Å²) in [4.78, 5) is 12.4. The van der Waals surface area contributed by atoms with Crippen molar-refractivity contribution in [2.75, 3.05) is 13.2 Å². The lowest BCUT2D eigenvalue weighted by Gasteiger charge is -2.25. The van der Waals surface area contributed by atoms with Crippen LogP contribution in [-0.4, -0.2) is 25.2 Å². The van der Waals surface area contributed by atoms with Gasteiger partial charge < -0.3 is 20.1 Å². The maximum atomic E-state index is 12.4. The molecular formula is C19H20N2O3. The van der Waals surface area contributed by atoms with Gasteiger partial charge >= 0.3 is 0 Å².